The van der Waals surface area contributed by atoms with Gasteiger partial charge >= 0.3 is 5.97 Å². The number of esters is 1. The van der Waals surface area contributed by atoms with Crippen LogP contribution in [0.1, 0.15) is 97.3 Å². The molecule has 0 aromatic carbocycles. The van der Waals surface area contributed by atoms with Crippen molar-refractivity contribution in [3.8, 4) is 0 Å². The molecule has 0 spiro atoms. The Morgan fingerprint density at radius 1 is 0.818 bits per heavy atom. The fourth-order valence-electron chi connectivity index (χ4n) is 2.70. The number of rotatable bonds is 15. The van der Waals surface area contributed by atoms with Gasteiger partial charge in [-0.05, 0) is 26.9 Å². The fraction of sp³-hybridized carbons (Fsp3) is 0.947. The average Bonchev–Trinajstić information content (AvgIpc) is 2.50. The maximum absolute atomic E-state index is 11.7. The van der Waals surface area contributed by atoms with Crippen LogP contribution in [0.4, 0.5) is 0 Å². The summed E-state index contributed by atoms with van der Waals surface area (Å²) in [6.45, 7) is 4.30. The Morgan fingerprint density at radius 2 is 1.27 bits per heavy atom. The van der Waals surface area contributed by atoms with Crippen molar-refractivity contribution in [1.82, 2.24) is 4.90 Å². The number of carbonyl (C=O) groups excluding carboxylic acids is 1. The van der Waals surface area contributed by atoms with E-state index in [1.54, 1.807) is 0 Å². The van der Waals surface area contributed by atoms with Gasteiger partial charge in [0.15, 0.2) is 6.23 Å². The Kier molecular flexibility index (Phi) is 14.9. The van der Waals surface area contributed by atoms with Gasteiger partial charge in [-0.3, -0.25) is 9.69 Å². The highest BCUT2D eigenvalue weighted by Gasteiger charge is 2.13. The normalized spacial score (nSPS) is 12.6. The van der Waals surface area contributed by atoms with E-state index in [2.05, 4.69) is 6.92 Å². The van der Waals surface area contributed by atoms with Gasteiger partial charge in [-0.1, -0.05) is 78.1 Å². The van der Waals surface area contributed by atoms with Gasteiger partial charge < -0.3 is 4.74 Å². The number of hydrogen-bond donors (Lipinski definition) is 0. The van der Waals surface area contributed by atoms with Crippen molar-refractivity contribution in [2.24, 2.45) is 0 Å². The highest BCUT2D eigenvalue weighted by Crippen LogP contribution is 2.12. The van der Waals surface area contributed by atoms with Gasteiger partial charge in [0.25, 0.3) is 0 Å². The van der Waals surface area contributed by atoms with Crippen molar-refractivity contribution in [1.29, 1.82) is 0 Å². The summed E-state index contributed by atoms with van der Waals surface area (Å²) in [5.41, 5.74) is 0. The highest BCUT2D eigenvalue weighted by molar-refractivity contribution is 5.69. The SMILES string of the molecule is CCCCCCCCCCCCCC(=O)OC(CC)N(C)C. The third kappa shape index (κ3) is 13.1. The molecule has 0 fully saturated rings. The van der Waals surface area contributed by atoms with Gasteiger partial charge in [0.05, 0.1) is 0 Å². The molecular formula is C19H39NO2. The Morgan fingerprint density at radius 3 is 1.68 bits per heavy atom. The maximum Gasteiger partial charge on any atom is 0.307 e. The van der Waals surface area contributed by atoms with E-state index in [9.17, 15) is 4.79 Å². The zero-order chi connectivity index (χ0) is 16.6. The molecule has 1 unspecified atom stereocenters. The van der Waals surface area contributed by atoms with E-state index in [-0.39, 0.29) is 12.2 Å². The fourth-order valence-corrected chi connectivity index (χ4v) is 2.70. The molecule has 0 bridgehead atoms. The van der Waals surface area contributed by atoms with Crippen molar-refractivity contribution in [3.63, 3.8) is 0 Å². The monoisotopic (exact) mass is 313 g/mol. The minimum atomic E-state index is -0.0693. The lowest BCUT2D eigenvalue weighted by atomic mass is 10.1. The summed E-state index contributed by atoms with van der Waals surface area (Å²) in [5.74, 6) is -0.0449. The number of unbranched alkanes of at least 4 members (excludes halogenated alkanes) is 10. The molecule has 0 saturated heterocycles. The predicted octanol–water partition coefficient (Wildman–Crippen LogP) is 5.53. The van der Waals surface area contributed by atoms with Crippen molar-refractivity contribution < 1.29 is 9.53 Å². The number of hydrogen-bond acceptors (Lipinski definition) is 3. The van der Waals surface area contributed by atoms with Crippen molar-refractivity contribution in [2.75, 3.05) is 14.1 Å². The number of ether oxygens (including phenoxy) is 1. The topological polar surface area (TPSA) is 29.5 Å². The van der Waals surface area contributed by atoms with Crippen LogP contribution in [0.5, 0.6) is 0 Å². The molecule has 1 atom stereocenters. The zero-order valence-corrected chi connectivity index (χ0v) is 15.5. The average molecular weight is 314 g/mol. The number of carbonyl (C=O) groups is 1. The van der Waals surface area contributed by atoms with Gasteiger partial charge in [0.2, 0.25) is 0 Å². The van der Waals surface area contributed by atoms with Crippen LogP contribution in [0, 0.1) is 0 Å². The molecule has 0 aliphatic heterocycles. The van der Waals surface area contributed by atoms with Crippen LogP contribution in [0.25, 0.3) is 0 Å². The van der Waals surface area contributed by atoms with Crippen LogP contribution >= 0.6 is 0 Å². The largest absolute Gasteiger partial charge is 0.446 e. The predicted molar refractivity (Wildman–Crippen MR) is 94.9 cm³/mol. The van der Waals surface area contributed by atoms with Gasteiger partial charge in [-0.15, -0.1) is 0 Å². The van der Waals surface area contributed by atoms with Crippen molar-refractivity contribution >= 4 is 5.97 Å². The van der Waals surface area contributed by atoms with E-state index < -0.39 is 0 Å². The quantitative estimate of drug-likeness (QED) is 0.226. The van der Waals surface area contributed by atoms with Crippen LogP contribution in [0.15, 0.2) is 0 Å². The first-order chi connectivity index (χ1) is 10.6. The van der Waals surface area contributed by atoms with E-state index in [0.29, 0.717) is 6.42 Å². The zero-order valence-electron chi connectivity index (χ0n) is 15.5. The minimum Gasteiger partial charge on any atom is -0.446 e. The summed E-state index contributed by atoms with van der Waals surface area (Å²) in [5, 5.41) is 0. The Hall–Kier alpha value is -0.570. The molecule has 0 heterocycles. The Bertz CT molecular complexity index is 254. The van der Waals surface area contributed by atoms with Crippen LogP contribution in [0.2, 0.25) is 0 Å². The summed E-state index contributed by atoms with van der Waals surface area (Å²) < 4.78 is 5.44. The van der Waals surface area contributed by atoms with E-state index in [1.165, 1.54) is 57.8 Å². The minimum absolute atomic E-state index is 0.0449. The molecule has 3 heteroatoms. The molecule has 3 nitrogen and oxygen atoms in total. The molecular weight excluding hydrogens is 274 g/mol. The van der Waals surface area contributed by atoms with Gasteiger partial charge in [-0.2, -0.15) is 0 Å². The number of nitrogens with zero attached hydrogens (tertiary/aromatic N) is 1. The first-order valence-electron chi connectivity index (χ1n) is 9.47. The third-order valence-corrected chi connectivity index (χ3v) is 4.18. The summed E-state index contributed by atoms with van der Waals surface area (Å²) >= 11 is 0. The Labute approximate surface area is 138 Å². The standard InChI is InChI=1S/C19H39NO2/c1-5-7-8-9-10-11-12-13-14-15-16-17-19(21)22-18(6-2)20(3)4/h18H,5-17H2,1-4H3. The van der Waals surface area contributed by atoms with Crippen LogP contribution < -0.4 is 0 Å². The molecule has 0 saturated carbocycles. The molecule has 0 rings (SSSR count). The third-order valence-electron chi connectivity index (χ3n) is 4.18. The first kappa shape index (κ1) is 21.4. The molecule has 0 radical (unpaired) electrons. The lowest BCUT2D eigenvalue weighted by molar-refractivity contribution is -0.157. The summed E-state index contributed by atoms with van der Waals surface area (Å²) in [4.78, 5) is 13.7. The molecule has 0 aliphatic carbocycles. The lowest BCUT2D eigenvalue weighted by Crippen LogP contribution is -2.32. The molecule has 0 aromatic heterocycles. The molecule has 132 valence electrons. The highest BCUT2D eigenvalue weighted by atomic mass is 16.6. The van der Waals surface area contributed by atoms with Crippen LogP contribution in [-0.4, -0.2) is 31.2 Å². The Balaban J connectivity index is 3.33. The second kappa shape index (κ2) is 15.3. The molecule has 0 aliphatic rings. The van der Waals surface area contributed by atoms with E-state index >= 15 is 0 Å². The van der Waals surface area contributed by atoms with Gasteiger partial charge in [-0.25, -0.2) is 0 Å². The van der Waals surface area contributed by atoms with Crippen molar-refractivity contribution in [3.05, 3.63) is 0 Å². The summed E-state index contributed by atoms with van der Waals surface area (Å²) in [6.07, 6.45) is 15.7. The lowest BCUT2D eigenvalue weighted by Gasteiger charge is -2.22. The molecule has 0 aromatic rings. The second-order valence-electron chi connectivity index (χ2n) is 6.60. The second-order valence-corrected chi connectivity index (χ2v) is 6.60. The summed E-state index contributed by atoms with van der Waals surface area (Å²) in [6, 6.07) is 0. The molecule has 0 amide bonds. The summed E-state index contributed by atoms with van der Waals surface area (Å²) in [7, 11) is 3.90. The molecule has 0 N–H and O–H groups in total. The van der Waals surface area contributed by atoms with E-state index in [1.807, 2.05) is 25.9 Å². The van der Waals surface area contributed by atoms with Gasteiger partial charge in [0, 0.05) is 6.42 Å². The van der Waals surface area contributed by atoms with E-state index in [4.69, 9.17) is 4.74 Å². The van der Waals surface area contributed by atoms with Crippen LogP contribution in [-0.2, 0) is 9.53 Å². The van der Waals surface area contributed by atoms with Gasteiger partial charge in [0.1, 0.15) is 0 Å². The molecule has 22 heavy (non-hydrogen) atoms. The van der Waals surface area contributed by atoms with Crippen molar-refractivity contribution in [2.45, 2.75) is 104 Å². The van der Waals surface area contributed by atoms with E-state index in [0.717, 1.165) is 19.3 Å². The first-order valence-corrected chi connectivity index (χ1v) is 9.47. The smallest absolute Gasteiger partial charge is 0.307 e. The van der Waals surface area contributed by atoms with Crippen LogP contribution in [0.3, 0.4) is 0 Å². The maximum atomic E-state index is 11.7.